The van der Waals surface area contributed by atoms with Crippen molar-refractivity contribution in [2.45, 2.75) is 39.3 Å². The highest BCUT2D eigenvalue weighted by Gasteiger charge is 2.36. The van der Waals surface area contributed by atoms with Crippen LogP contribution in [0.25, 0.3) is 0 Å². The minimum atomic E-state index is -0.872. The van der Waals surface area contributed by atoms with Crippen molar-refractivity contribution in [2.24, 2.45) is 5.92 Å². The number of rotatable bonds is 4. The van der Waals surface area contributed by atoms with E-state index in [1.807, 2.05) is 13.8 Å². The maximum atomic E-state index is 12.2. The summed E-state index contributed by atoms with van der Waals surface area (Å²) >= 11 is 0. The number of nitrogens with zero attached hydrogens (tertiary/aromatic N) is 1. The van der Waals surface area contributed by atoms with Gasteiger partial charge >= 0.3 is 0 Å². The zero-order chi connectivity index (χ0) is 14.6. The molecule has 0 aromatic heterocycles. The average molecular weight is 267 g/mol. The van der Waals surface area contributed by atoms with Gasteiger partial charge in [-0.3, -0.25) is 9.59 Å². The monoisotopic (exact) mass is 267 g/mol. The Hall–Kier alpha value is -1.61. The second-order valence-electron chi connectivity index (χ2n) is 5.61. The van der Waals surface area contributed by atoms with E-state index in [0.717, 1.165) is 11.4 Å². The molecule has 1 aliphatic rings. The molecule has 106 valence electrons. The number of amides is 2. The molecule has 0 aromatic carbocycles. The number of nitrogens with one attached hydrogen (secondary N) is 3. The lowest BCUT2D eigenvalue weighted by Gasteiger charge is -2.32. The molecule has 0 bridgehead atoms. The third-order valence-corrected chi connectivity index (χ3v) is 3.93. The minimum absolute atomic E-state index is 0.0216. The molecule has 6 heteroatoms. The molecule has 6 nitrogen and oxygen atoms in total. The first kappa shape index (κ1) is 15.4. The van der Waals surface area contributed by atoms with Gasteiger partial charge in [-0.25, -0.2) is 0 Å². The fraction of sp³-hybridized carbons (Fsp3) is 0.769. The summed E-state index contributed by atoms with van der Waals surface area (Å²) in [5.74, 6) is -0.191. The quantitative estimate of drug-likeness (QED) is 0.576. The molecule has 0 aromatic rings. The second kappa shape index (κ2) is 6.02. The molecule has 1 unspecified atom stereocenters. The Kier molecular flexibility index (Phi) is 4.90. The number of hydrogen-bond donors (Lipinski definition) is 3. The molecule has 1 heterocycles. The molecule has 1 saturated heterocycles. The summed E-state index contributed by atoms with van der Waals surface area (Å²) in [5.41, 5.74) is -0.872. The molecule has 2 amide bonds. The zero-order valence-corrected chi connectivity index (χ0v) is 12.0. The Morgan fingerprint density at radius 2 is 2.16 bits per heavy atom. The summed E-state index contributed by atoms with van der Waals surface area (Å²) in [6, 6.07) is 1.82. The third-order valence-electron chi connectivity index (χ3n) is 3.93. The third kappa shape index (κ3) is 3.67. The first-order chi connectivity index (χ1) is 8.80. The van der Waals surface area contributed by atoms with Crippen LogP contribution in [0.5, 0.6) is 0 Å². The maximum Gasteiger partial charge on any atom is 0.279 e. The molecule has 19 heavy (non-hydrogen) atoms. The molecule has 3 atom stereocenters. The SMILES string of the molecule is CC(C)[C@@](C)(C#N)NC(=O)[C@H](C)[NH+]1CCNC(=O)C1. The molecule has 0 radical (unpaired) electrons. The van der Waals surface area contributed by atoms with Gasteiger partial charge in [0.05, 0.1) is 19.2 Å². The first-order valence-electron chi connectivity index (χ1n) is 6.64. The highest BCUT2D eigenvalue weighted by molar-refractivity contribution is 5.82. The van der Waals surface area contributed by atoms with Crippen LogP contribution in [-0.4, -0.2) is 43.0 Å². The fourth-order valence-corrected chi connectivity index (χ4v) is 1.94. The van der Waals surface area contributed by atoms with E-state index >= 15 is 0 Å². The normalized spacial score (nSPS) is 24.0. The van der Waals surface area contributed by atoms with Gasteiger partial charge in [0.1, 0.15) is 5.54 Å². The van der Waals surface area contributed by atoms with Crippen molar-refractivity contribution in [3.8, 4) is 6.07 Å². The molecule has 1 rings (SSSR count). The Balaban J connectivity index is 2.67. The van der Waals surface area contributed by atoms with Gasteiger partial charge in [0.15, 0.2) is 12.6 Å². The Morgan fingerprint density at radius 1 is 1.53 bits per heavy atom. The predicted molar refractivity (Wildman–Crippen MR) is 70.2 cm³/mol. The molecule has 0 aliphatic carbocycles. The van der Waals surface area contributed by atoms with Gasteiger partial charge in [-0.05, 0) is 19.8 Å². The van der Waals surface area contributed by atoms with Gasteiger partial charge in [0.2, 0.25) is 0 Å². The minimum Gasteiger partial charge on any atom is -0.346 e. The van der Waals surface area contributed by atoms with E-state index in [2.05, 4.69) is 16.7 Å². The summed E-state index contributed by atoms with van der Waals surface area (Å²) in [6.07, 6.45) is 0. The topological polar surface area (TPSA) is 86.4 Å². The van der Waals surface area contributed by atoms with E-state index in [1.165, 1.54) is 0 Å². The van der Waals surface area contributed by atoms with Gasteiger partial charge in [0.25, 0.3) is 11.8 Å². The van der Waals surface area contributed by atoms with Crippen LogP contribution in [0, 0.1) is 17.2 Å². The van der Waals surface area contributed by atoms with E-state index in [9.17, 15) is 14.9 Å². The molecule has 1 aliphatic heterocycles. The predicted octanol–water partition coefficient (Wildman–Crippen LogP) is -1.56. The number of hydrogen-bond acceptors (Lipinski definition) is 3. The van der Waals surface area contributed by atoms with Crippen LogP contribution in [0.15, 0.2) is 0 Å². The molecular weight excluding hydrogens is 244 g/mol. The number of nitriles is 1. The number of quaternary nitrogens is 1. The largest absolute Gasteiger partial charge is 0.346 e. The van der Waals surface area contributed by atoms with E-state index in [1.54, 1.807) is 13.8 Å². The average Bonchev–Trinajstić information content (AvgIpc) is 2.37. The van der Waals surface area contributed by atoms with E-state index in [0.29, 0.717) is 13.1 Å². The number of carbonyl (C=O) groups excluding carboxylic acids is 2. The lowest BCUT2D eigenvalue weighted by molar-refractivity contribution is -0.907. The smallest absolute Gasteiger partial charge is 0.279 e. The molecule has 3 N–H and O–H groups in total. The van der Waals surface area contributed by atoms with E-state index in [-0.39, 0.29) is 23.8 Å². The van der Waals surface area contributed by atoms with Gasteiger partial charge in [-0.2, -0.15) is 5.26 Å². The van der Waals surface area contributed by atoms with Crippen molar-refractivity contribution >= 4 is 11.8 Å². The Morgan fingerprint density at radius 3 is 2.63 bits per heavy atom. The summed E-state index contributed by atoms with van der Waals surface area (Å²) in [4.78, 5) is 24.5. The van der Waals surface area contributed by atoms with Crippen molar-refractivity contribution < 1.29 is 14.5 Å². The summed E-state index contributed by atoms with van der Waals surface area (Å²) in [5, 5.41) is 14.7. The van der Waals surface area contributed by atoms with E-state index < -0.39 is 5.54 Å². The zero-order valence-electron chi connectivity index (χ0n) is 12.0. The van der Waals surface area contributed by atoms with Crippen LogP contribution in [0.1, 0.15) is 27.7 Å². The summed E-state index contributed by atoms with van der Waals surface area (Å²) in [7, 11) is 0. The van der Waals surface area contributed by atoms with Crippen LogP contribution < -0.4 is 15.5 Å². The maximum absolute atomic E-state index is 12.2. The van der Waals surface area contributed by atoms with Crippen LogP contribution in [0.4, 0.5) is 0 Å². The second-order valence-corrected chi connectivity index (χ2v) is 5.61. The molecular formula is C13H23N4O2+. The number of carbonyl (C=O) groups is 2. The highest BCUT2D eigenvalue weighted by atomic mass is 16.2. The van der Waals surface area contributed by atoms with Crippen molar-refractivity contribution in [3.63, 3.8) is 0 Å². The Bertz CT molecular complexity index is 402. The summed E-state index contributed by atoms with van der Waals surface area (Å²) < 4.78 is 0. The van der Waals surface area contributed by atoms with Crippen molar-refractivity contribution in [1.29, 1.82) is 5.26 Å². The number of piperazine rings is 1. The van der Waals surface area contributed by atoms with Gasteiger partial charge in [0, 0.05) is 0 Å². The van der Waals surface area contributed by atoms with Crippen molar-refractivity contribution in [2.75, 3.05) is 19.6 Å². The molecule has 1 fully saturated rings. The van der Waals surface area contributed by atoms with Gasteiger partial charge in [-0.15, -0.1) is 0 Å². The van der Waals surface area contributed by atoms with Gasteiger partial charge in [-0.1, -0.05) is 13.8 Å². The van der Waals surface area contributed by atoms with Crippen molar-refractivity contribution in [3.05, 3.63) is 0 Å². The highest BCUT2D eigenvalue weighted by Crippen LogP contribution is 2.14. The van der Waals surface area contributed by atoms with Crippen molar-refractivity contribution in [1.82, 2.24) is 10.6 Å². The Labute approximate surface area is 114 Å². The van der Waals surface area contributed by atoms with Crippen LogP contribution in [0.3, 0.4) is 0 Å². The van der Waals surface area contributed by atoms with Gasteiger partial charge < -0.3 is 15.5 Å². The molecule has 0 saturated carbocycles. The van der Waals surface area contributed by atoms with Crippen LogP contribution >= 0.6 is 0 Å². The fourth-order valence-electron chi connectivity index (χ4n) is 1.94. The lowest BCUT2D eigenvalue weighted by atomic mass is 9.89. The van der Waals surface area contributed by atoms with E-state index in [4.69, 9.17) is 0 Å². The summed E-state index contributed by atoms with van der Waals surface area (Å²) in [6.45, 7) is 8.93. The van der Waals surface area contributed by atoms with Crippen LogP contribution in [0.2, 0.25) is 0 Å². The first-order valence-corrected chi connectivity index (χ1v) is 6.64. The molecule has 0 spiro atoms. The lowest BCUT2D eigenvalue weighted by Crippen LogP contribution is -3.19. The van der Waals surface area contributed by atoms with Crippen LogP contribution in [-0.2, 0) is 9.59 Å². The standard InChI is InChI=1S/C13H22N4O2/c1-9(2)13(4,8-14)16-12(19)10(3)17-6-5-15-11(18)7-17/h9-10H,5-7H2,1-4H3,(H,15,18)(H,16,19)/p+1/t10-,13+/m0/s1.